The summed E-state index contributed by atoms with van der Waals surface area (Å²) in [6.45, 7) is 0.0107. The van der Waals surface area contributed by atoms with Gasteiger partial charge in [-0.2, -0.15) is 0 Å². The van der Waals surface area contributed by atoms with Gasteiger partial charge in [0.15, 0.2) is 0 Å². The molecule has 24 heavy (non-hydrogen) atoms. The third-order valence-electron chi connectivity index (χ3n) is 3.38. The number of nitrogens with zero attached hydrogens (tertiary/aromatic N) is 2. The summed E-state index contributed by atoms with van der Waals surface area (Å²) in [5.74, 6) is -0.123. The predicted molar refractivity (Wildman–Crippen MR) is 92.2 cm³/mol. The normalized spacial score (nSPS) is 16.2. The van der Waals surface area contributed by atoms with Gasteiger partial charge in [0.05, 0.1) is 17.7 Å². The topological polar surface area (TPSA) is 70.8 Å². The minimum absolute atomic E-state index is 0.274. The van der Waals surface area contributed by atoms with Crippen LogP contribution >= 0.6 is 23.1 Å². The standard InChI is InChI=1S/C16H14N2O4S2/c1-17(9-11-4-2-6-22-11)14(19)10-18-15(20)13(24-16(18)21)8-12-5-3-7-23-12/h2-8H,9-10H2,1H3/b13-8-. The van der Waals surface area contributed by atoms with Gasteiger partial charge in [0.25, 0.3) is 11.1 Å². The molecule has 6 nitrogen and oxygen atoms in total. The highest BCUT2D eigenvalue weighted by Gasteiger charge is 2.36. The highest BCUT2D eigenvalue weighted by Crippen LogP contribution is 2.32. The first-order chi connectivity index (χ1) is 11.5. The van der Waals surface area contributed by atoms with Crippen molar-refractivity contribution in [3.8, 4) is 0 Å². The molecule has 0 N–H and O–H groups in total. The maximum atomic E-state index is 12.3. The number of imide groups is 1. The van der Waals surface area contributed by atoms with E-state index in [1.807, 2.05) is 17.5 Å². The molecule has 1 aliphatic rings. The molecule has 2 aromatic heterocycles. The van der Waals surface area contributed by atoms with Gasteiger partial charge < -0.3 is 9.32 Å². The van der Waals surface area contributed by atoms with E-state index >= 15 is 0 Å². The molecule has 0 spiro atoms. The molecule has 3 rings (SSSR count). The number of carbonyl (C=O) groups excluding carboxylic acids is 3. The first-order valence-corrected chi connectivity index (χ1v) is 8.79. The number of hydrogen-bond acceptors (Lipinski definition) is 6. The molecule has 0 aliphatic carbocycles. The van der Waals surface area contributed by atoms with E-state index in [4.69, 9.17) is 4.42 Å². The van der Waals surface area contributed by atoms with Crippen LogP contribution in [0.5, 0.6) is 0 Å². The molecular formula is C16H14N2O4S2. The summed E-state index contributed by atoms with van der Waals surface area (Å²) in [6.07, 6.45) is 3.20. The van der Waals surface area contributed by atoms with Crippen LogP contribution < -0.4 is 0 Å². The Labute approximate surface area is 146 Å². The van der Waals surface area contributed by atoms with Gasteiger partial charge in [-0.3, -0.25) is 19.3 Å². The van der Waals surface area contributed by atoms with Gasteiger partial charge in [0, 0.05) is 11.9 Å². The lowest BCUT2D eigenvalue weighted by Crippen LogP contribution is -2.40. The van der Waals surface area contributed by atoms with Gasteiger partial charge >= 0.3 is 0 Å². The second-order valence-corrected chi connectivity index (χ2v) is 7.08. The van der Waals surface area contributed by atoms with Crippen LogP contribution in [-0.4, -0.2) is 40.4 Å². The van der Waals surface area contributed by atoms with E-state index in [2.05, 4.69) is 0 Å². The number of likely N-dealkylation sites (N-methyl/N-ethyl adjacent to an activating group) is 1. The Morgan fingerprint density at radius 3 is 2.83 bits per heavy atom. The van der Waals surface area contributed by atoms with Gasteiger partial charge in [-0.25, -0.2) is 0 Å². The molecule has 124 valence electrons. The highest BCUT2D eigenvalue weighted by atomic mass is 32.2. The summed E-state index contributed by atoms with van der Waals surface area (Å²) in [5.41, 5.74) is 0. The lowest BCUT2D eigenvalue weighted by Gasteiger charge is -2.19. The minimum atomic E-state index is -0.432. The Morgan fingerprint density at radius 1 is 1.33 bits per heavy atom. The SMILES string of the molecule is CN(Cc1ccco1)C(=O)CN1C(=O)S/C(=C\c2cccs2)C1=O. The lowest BCUT2D eigenvalue weighted by molar-refractivity contribution is -0.135. The lowest BCUT2D eigenvalue weighted by atomic mass is 10.3. The van der Waals surface area contributed by atoms with E-state index in [0.717, 1.165) is 21.5 Å². The summed E-state index contributed by atoms with van der Waals surface area (Å²) in [7, 11) is 1.60. The maximum absolute atomic E-state index is 12.3. The van der Waals surface area contributed by atoms with E-state index in [-0.39, 0.29) is 19.0 Å². The third-order valence-corrected chi connectivity index (χ3v) is 5.11. The van der Waals surface area contributed by atoms with Crippen molar-refractivity contribution in [3.05, 3.63) is 51.5 Å². The fourth-order valence-corrected chi connectivity index (χ4v) is 3.68. The summed E-state index contributed by atoms with van der Waals surface area (Å²) < 4.78 is 5.19. The molecule has 0 atom stereocenters. The van der Waals surface area contributed by atoms with Gasteiger partial charge in [-0.15, -0.1) is 11.3 Å². The molecule has 8 heteroatoms. The largest absolute Gasteiger partial charge is 0.467 e. The quantitative estimate of drug-likeness (QED) is 0.765. The molecular weight excluding hydrogens is 348 g/mol. The molecule has 1 fully saturated rings. The van der Waals surface area contributed by atoms with Gasteiger partial charge in [-0.05, 0) is 41.4 Å². The van der Waals surface area contributed by atoms with Crippen LogP contribution in [0.4, 0.5) is 4.79 Å². The van der Waals surface area contributed by atoms with E-state index in [1.165, 1.54) is 22.5 Å². The number of thioether (sulfide) groups is 1. The molecule has 0 radical (unpaired) electrons. The first kappa shape index (κ1) is 16.5. The smallest absolute Gasteiger partial charge is 0.294 e. The summed E-state index contributed by atoms with van der Waals surface area (Å²) in [6, 6.07) is 7.22. The van der Waals surface area contributed by atoms with Gasteiger partial charge in [0.2, 0.25) is 5.91 Å². The molecule has 2 aromatic rings. The maximum Gasteiger partial charge on any atom is 0.294 e. The Balaban J connectivity index is 1.65. The van der Waals surface area contributed by atoms with E-state index < -0.39 is 11.1 Å². The predicted octanol–water partition coefficient (Wildman–Crippen LogP) is 3.04. The van der Waals surface area contributed by atoms with Crippen molar-refractivity contribution in [1.29, 1.82) is 0 Å². The Morgan fingerprint density at radius 2 is 2.17 bits per heavy atom. The van der Waals surface area contributed by atoms with Crippen LogP contribution in [0.1, 0.15) is 10.6 Å². The average molecular weight is 362 g/mol. The zero-order valence-electron chi connectivity index (χ0n) is 12.8. The van der Waals surface area contributed by atoms with Crippen molar-refractivity contribution in [2.45, 2.75) is 6.54 Å². The van der Waals surface area contributed by atoms with E-state index in [1.54, 1.807) is 25.3 Å². The van der Waals surface area contributed by atoms with Crippen LogP contribution in [0.3, 0.4) is 0 Å². The second kappa shape index (κ2) is 7.06. The molecule has 0 bridgehead atoms. The molecule has 0 saturated carbocycles. The van der Waals surface area contributed by atoms with Crippen molar-refractivity contribution in [3.63, 3.8) is 0 Å². The van der Waals surface area contributed by atoms with Crippen molar-refractivity contribution in [1.82, 2.24) is 9.80 Å². The number of amides is 3. The Kier molecular flexibility index (Phi) is 4.86. The van der Waals surface area contributed by atoms with E-state index in [9.17, 15) is 14.4 Å². The molecule has 0 aromatic carbocycles. The average Bonchev–Trinajstić information content (AvgIpc) is 3.28. The number of thiophene rings is 1. The fourth-order valence-electron chi connectivity index (χ4n) is 2.12. The highest BCUT2D eigenvalue weighted by molar-refractivity contribution is 8.18. The van der Waals surface area contributed by atoms with Crippen molar-refractivity contribution in [2.24, 2.45) is 0 Å². The van der Waals surface area contributed by atoms with Gasteiger partial charge in [-0.1, -0.05) is 6.07 Å². The molecule has 1 aliphatic heterocycles. The summed E-state index contributed by atoms with van der Waals surface area (Å²) >= 11 is 2.33. The molecule has 0 unspecified atom stereocenters. The molecule has 1 saturated heterocycles. The fraction of sp³-hybridized carbons (Fsp3) is 0.188. The minimum Gasteiger partial charge on any atom is -0.467 e. The third kappa shape index (κ3) is 3.60. The molecule has 3 amide bonds. The number of hydrogen-bond donors (Lipinski definition) is 0. The molecule has 3 heterocycles. The van der Waals surface area contributed by atoms with Crippen LogP contribution in [0.25, 0.3) is 6.08 Å². The number of carbonyl (C=O) groups is 3. The van der Waals surface area contributed by atoms with Crippen LogP contribution in [-0.2, 0) is 16.1 Å². The zero-order chi connectivity index (χ0) is 17.1. The van der Waals surface area contributed by atoms with E-state index in [0.29, 0.717) is 10.7 Å². The van der Waals surface area contributed by atoms with Crippen molar-refractivity contribution < 1.29 is 18.8 Å². The summed E-state index contributed by atoms with van der Waals surface area (Å²) in [5, 5.41) is 1.46. The zero-order valence-corrected chi connectivity index (χ0v) is 14.4. The van der Waals surface area contributed by atoms with Crippen LogP contribution in [0.15, 0.2) is 45.2 Å². The Bertz CT molecular complexity index is 781. The summed E-state index contributed by atoms with van der Waals surface area (Å²) in [4.78, 5) is 40.3. The van der Waals surface area contributed by atoms with Crippen LogP contribution in [0.2, 0.25) is 0 Å². The first-order valence-electron chi connectivity index (χ1n) is 7.10. The second-order valence-electron chi connectivity index (χ2n) is 5.11. The van der Waals surface area contributed by atoms with Crippen molar-refractivity contribution >= 4 is 46.2 Å². The van der Waals surface area contributed by atoms with Crippen LogP contribution in [0, 0.1) is 0 Å². The number of rotatable bonds is 5. The van der Waals surface area contributed by atoms with Crippen molar-refractivity contribution in [2.75, 3.05) is 13.6 Å². The number of furan rings is 1. The Hall–Kier alpha value is -2.32. The monoisotopic (exact) mass is 362 g/mol. The van der Waals surface area contributed by atoms with Gasteiger partial charge in [0.1, 0.15) is 12.3 Å².